The Labute approximate surface area is 134 Å². The molecule has 0 radical (unpaired) electrons. The van der Waals surface area contributed by atoms with Crippen molar-refractivity contribution in [2.75, 3.05) is 26.3 Å². The van der Waals surface area contributed by atoms with Crippen LogP contribution in [0.15, 0.2) is 16.3 Å². The van der Waals surface area contributed by atoms with Crippen LogP contribution in [0.2, 0.25) is 0 Å². The standard InChI is InChI=1S/C14H20N2O4S2/c17-14(15-11-3-8-20-9-4-11)13-12(5-10-21-13)22(18,19)16-6-1-2-7-16/h5,10-11H,1-4,6-9H2,(H,15,17). The molecule has 2 aliphatic rings. The van der Waals surface area contributed by atoms with Crippen molar-refractivity contribution in [1.29, 1.82) is 0 Å². The van der Waals surface area contributed by atoms with E-state index in [0.717, 1.165) is 25.7 Å². The average molecular weight is 344 g/mol. The maximum absolute atomic E-state index is 12.6. The lowest BCUT2D eigenvalue weighted by Gasteiger charge is -2.23. The normalized spacial score (nSPS) is 21.1. The van der Waals surface area contributed by atoms with Gasteiger partial charge in [0.05, 0.1) is 0 Å². The molecule has 2 fully saturated rings. The van der Waals surface area contributed by atoms with Crippen molar-refractivity contribution in [2.45, 2.75) is 36.6 Å². The summed E-state index contributed by atoms with van der Waals surface area (Å²) in [5, 5.41) is 4.60. The Kier molecular flexibility index (Phi) is 4.82. The quantitative estimate of drug-likeness (QED) is 0.897. The van der Waals surface area contributed by atoms with Crippen LogP contribution in [0.1, 0.15) is 35.4 Å². The molecule has 122 valence electrons. The minimum Gasteiger partial charge on any atom is -0.381 e. The molecule has 3 heterocycles. The van der Waals surface area contributed by atoms with Crippen LogP contribution < -0.4 is 5.32 Å². The van der Waals surface area contributed by atoms with Gasteiger partial charge in [-0.3, -0.25) is 4.79 Å². The Hall–Kier alpha value is -0.960. The molecule has 1 aromatic heterocycles. The van der Waals surface area contributed by atoms with Crippen molar-refractivity contribution in [3.8, 4) is 0 Å². The van der Waals surface area contributed by atoms with Crippen molar-refractivity contribution in [3.05, 3.63) is 16.3 Å². The molecule has 1 aromatic rings. The lowest BCUT2D eigenvalue weighted by molar-refractivity contribution is 0.0697. The van der Waals surface area contributed by atoms with Gasteiger partial charge in [-0.25, -0.2) is 8.42 Å². The first-order valence-electron chi connectivity index (χ1n) is 7.55. The summed E-state index contributed by atoms with van der Waals surface area (Å²) in [4.78, 5) is 12.9. The lowest BCUT2D eigenvalue weighted by atomic mass is 10.1. The topological polar surface area (TPSA) is 75.7 Å². The fourth-order valence-electron chi connectivity index (χ4n) is 2.83. The summed E-state index contributed by atoms with van der Waals surface area (Å²) in [7, 11) is -3.55. The highest BCUT2D eigenvalue weighted by atomic mass is 32.2. The summed E-state index contributed by atoms with van der Waals surface area (Å²) in [5.41, 5.74) is 0. The fraction of sp³-hybridized carbons (Fsp3) is 0.643. The molecule has 2 aliphatic heterocycles. The third-order valence-corrected chi connectivity index (χ3v) is 7.06. The summed E-state index contributed by atoms with van der Waals surface area (Å²) in [6, 6.07) is 1.60. The summed E-state index contributed by atoms with van der Waals surface area (Å²) in [6.07, 6.45) is 3.30. The first-order chi connectivity index (χ1) is 10.6. The van der Waals surface area contributed by atoms with Gasteiger partial charge in [0.25, 0.3) is 5.91 Å². The van der Waals surface area contributed by atoms with Gasteiger partial charge in [-0.1, -0.05) is 0 Å². The van der Waals surface area contributed by atoms with Crippen LogP contribution in [0.3, 0.4) is 0 Å². The molecule has 0 spiro atoms. The van der Waals surface area contributed by atoms with Crippen LogP contribution in [0.25, 0.3) is 0 Å². The van der Waals surface area contributed by atoms with E-state index in [0.29, 0.717) is 31.2 Å². The van der Waals surface area contributed by atoms with Gasteiger partial charge in [0.1, 0.15) is 9.77 Å². The third kappa shape index (κ3) is 3.19. The van der Waals surface area contributed by atoms with Gasteiger partial charge in [0.15, 0.2) is 0 Å². The van der Waals surface area contributed by atoms with Crippen molar-refractivity contribution in [2.24, 2.45) is 0 Å². The van der Waals surface area contributed by atoms with Crippen LogP contribution in [0, 0.1) is 0 Å². The average Bonchev–Trinajstić information content (AvgIpc) is 3.20. The number of carbonyl (C=O) groups excluding carboxylic acids is 1. The van der Waals surface area contributed by atoms with E-state index < -0.39 is 10.0 Å². The Morgan fingerprint density at radius 2 is 1.95 bits per heavy atom. The van der Waals surface area contributed by atoms with Gasteiger partial charge in [-0.15, -0.1) is 11.3 Å². The smallest absolute Gasteiger partial charge is 0.262 e. The van der Waals surface area contributed by atoms with Gasteiger partial charge < -0.3 is 10.1 Å². The Morgan fingerprint density at radius 1 is 1.27 bits per heavy atom. The van der Waals surface area contributed by atoms with Gasteiger partial charge in [0.2, 0.25) is 10.0 Å². The number of amides is 1. The molecule has 22 heavy (non-hydrogen) atoms. The van der Waals surface area contributed by atoms with E-state index >= 15 is 0 Å². The molecular weight excluding hydrogens is 324 g/mol. The fourth-order valence-corrected chi connectivity index (χ4v) is 5.65. The van der Waals surface area contributed by atoms with E-state index in [1.807, 2.05) is 0 Å². The summed E-state index contributed by atoms with van der Waals surface area (Å²) in [5.74, 6) is -0.292. The van der Waals surface area contributed by atoms with Crippen molar-refractivity contribution < 1.29 is 17.9 Å². The number of hydrogen-bond donors (Lipinski definition) is 1. The lowest BCUT2D eigenvalue weighted by Crippen LogP contribution is -2.39. The first kappa shape index (κ1) is 15.9. The molecule has 0 saturated carbocycles. The van der Waals surface area contributed by atoms with Crippen LogP contribution >= 0.6 is 11.3 Å². The minimum absolute atomic E-state index is 0.0608. The largest absolute Gasteiger partial charge is 0.381 e. The Morgan fingerprint density at radius 3 is 2.64 bits per heavy atom. The highest BCUT2D eigenvalue weighted by Gasteiger charge is 2.32. The number of hydrogen-bond acceptors (Lipinski definition) is 5. The van der Waals surface area contributed by atoms with Crippen LogP contribution in [-0.2, 0) is 14.8 Å². The summed E-state index contributed by atoms with van der Waals surface area (Å²) >= 11 is 1.18. The number of rotatable bonds is 4. The zero-order chi connectivity index (χ0) is 15.6. The zero-order valence-corrected chi connectivity index (χ0v) is 13.9. The molecule has 1 N–H and O–H groups in total. The number of carbonyl (C=O) groups is 1. The van der Waals surface area contributed by atoms with E-state index in [1.54, 1.807) is 5.38 Å². The van der Waals surface area contributed by atoms with Gasteiger partial charge in [0, 0.05) is 32.3 Å². The van der Waals surface area contributed by atoms with E-state index in [2.05, 4.69) is 5.32 Å². The number of nitrogens with one attached hydrogen (secondary N) is 1. The molecule has 2 saturated heterocycles. The van der Waals surface area contributed by atoms with Crippen molar-refractivity contribution in [1.82, 2.24) is 9.62 Å². The monoisotopic (exact) mass is 344 g/mol. The highest BCUT2D eigenvalue weighted by molar-refractivity contribution is 7.89. The predicted octanol–water partition coefficient (Wildman–Crippen LogP) is 1.44. The first-order valence-corrected chi connectivity index (χ1v) is 9.87. The summed E-state index contributed by atoms with van der Waals surface area (Å²) < 4.78 is 32.0. The molecule has 0 atom stereocenters. The Bertz CT molecular complexity index is 629. The van der Waals surface area contributed by atoms with Gasteiger partial charge in [-0.2, -0.15) is 4.31 Å². The van der Waals surface area contributed by atoms with Crippen molar-refractivity contribution >= 4 is 27.3 Å². The molecule has 0 aromatic carbocycles. The van der Waals surface area contributed by atoms with Gasteiger partial charge in [-0.05, 0) is 37.1 Å². The SMILES string of the molecule is O=C(NC1CCOCC1)c1sccc1S(=O)(=O)N1CCCC1. The van der Waals surface area contributed by atoms with E-state index in [-0.39, 0.29) is 16.8 Å². The maximum Gasteiger partial charge on any atom is 0.262 e. The van der Waals surface area contributed by atoms with E-state index in [4.69, 9.17) is 4.74 Å². The number of nitrogens with zero attached hydrogens (tertiary/aromatic N) is 1. The number of ether oxygens (including phenoxy) is 1. The van der Waals surface area contributed by atoms with E-state index in [1.165, 1.54) is 21.7 Å². The van der Waals surface area contributed by atoms with Crippen molar-refractivity contribution in [3.63, 3.8) is 0 Å². The van der Waals surface area contributed by atoms with E-state index in [9.17, 15) is 13.2 Å². The zero-order valence-electron chi connectivity index (χ0n) is 12.3. The molecule has 0 unspecified atom stereocenters. The molecular formula is C14H20N2O4S2. The molecule has 0 aliphatic carbocycles. The second-order valence-corrected chi connectivity index (χ2v) is 8.41. The number of thiophene rings is 1. The number of sulfonamides is 1. The maximum atomic E-state index is 12.6. The molecule has 3 rings (SSSR count). The Balaban J connectivity index is 1.77. The summed E-state index contributed by atoms with van der Waals surface area (Å²) in [6.45, 7) is 2.35. The molecule has 1 amide bonds. The molecule has 0 bridgehead atoms. The minimum atomic E-state index is -3.55. The second-order valence-electron chi connectivity index (χ2n) is 5.59. The molecule has 8 heteroatoms. The highest BCUT2D eigenvalue weighted by Crippen LogP contribution is 2.27. The van der Waals surface area contributed by atoms with Crippen LogP contribution in [0.4, 0.5) is 0 Å². The van der Waals surface area contributed by atoms with Gasteiger partial charge >= 0.3 is 0 Å². The van der Waals surface area contributed by atoms with Crippen LogP contribution in [-0.4, -0.2) is 51.0 Å². The van der Waals surface area contributed by atoms with Crippen LogP contribution in [0.5, 0.6) is 0 Å². The second kappa shape index (κ2) is 6.66. The third-order valence-electron chi connectivity index (χ3n) is 4.07. The predicted molar refractivity (Wildman–Crippen MR) is 83.6 cm³/mol. The molecule has 6 nitrogen and oxygen atoms in total.